The van der Waals surface area contributed by atoms with Crippen molar-refractivity contribution in [2.75, 3.05) is 5.75 Å². The highest BCUT2D eigenvalue weighted by Gasteiger charge is 2.47. The van der Waals surface area contributed by atoms with Crippen LogP contribution in [0.3, 0.4) is 0 Å². The van der Waals surface area contributed by atoms with Gasteiger partial charge in [0, 0.05) is 38.2 Å². The quantitative estimate of drug-likeness (QED) is 0.483. The molecular weight excluding hydrogens is 440 g/mol. The van der Waals surface area contributed by atoms with Crippen molar-refractivity contribution >= 4 is 40.6 Å². The Hall–Kier alpha value is -3.01. The Labute approximate surface area is 188 Å². The fourth-order valence-corrected chi connectivity index (χ4v) is 4.61. The first-order valence-electron chi connectivity index (χ1n) is 9.90. The number of carbonyl (C=O) groups excluding carboxylic acids is 3. The summed E-state index contributed by atoms with van der Waals surface area (Å²) in [5, 5.41) is 0.418. The lowest BCUT2D eigenvalue weighted by atomic mass is 10.1. The molecule has 1 aromatic heterocycles. The number of fused-ring (bicyclic) bond motifs is 1. The number of aryl methyl sites for hydroxylation is 1. The van der Waals surface area contributed by atoms with Crippen LogP contribution in [0, 0.1) is 13.8 Å². The minimum Gasteiger partial charge on any atom is -0.476 e. The van der Waals surface area contributed by atoms with Gasteiger partial charge in [0.1, 0.15) is 17.1 Å². The van der Waals surface area contributed by atoms with Crippen LogP contribution in [0.1, 0.15) is 32.1 Å². The SMILES string of the molecule is CC(=O)O[C@@H]1[C@@H](OC(C)=O)[C@H](OC(C)=O)CS[C@H]1Oc1ccc2c(=O)c(C)c(C)oc2c1. The third kappa shape index (κ3) is 5.24. The van der Waals surface area contributed by atoms with Gasteiger partial charge in [-0.1, -0.05) is 0 Å². The highest BCUT2D eigenvalue weighted by molar-refractivity contribution is 7.99. The second-order valence-electron chi connectivity index (χ2n) is 7.39. The molecule has 1 fully saturated rings. The van der Waals surface area contributed by atoms with E-state index in [-0.39, 0.29) is 11.2 Å². The molecule has 0 amide bonds. The molecule has 0 aliphatic carbocycles. The number of hydrogen-bond acceptors (Lipinski definition) is 10. The van der Waals surface area contributed by atoms with Crippen LogP contribution in [-0.4, -0.2) is 47.4 Å². The molecule has 1 saturated heterocycles. The summed E-state index contributed by atoms with van der Waals surface area (Å²) in [5.41, 5.74) is -0.00973. The molecule has 0 saturated carbocycles. The van der Waals surface area contributed by atoms with Gasteiger partial charge in [0.05, 0.1) is 5.39 Å². The Morgan fingerprint density at radius 3 is 2.22 bits per heavy atom. The fraction of sp³-hybridized carbons (Fsp3) is 0.455. The summed E-state index contributed by atoms with van der Waals surface area (Å²) in [7, 11) is 0. The van der Waals surface area contributed by atoms with E-state index >= 15 is 0 Å². The maximum absolute atomic E-state index is 12.4. The van der Waals surface area contributed by atoms with Crippen LogP contribution in [0.15, 0.2) is 27.4 Å². The number of esters is 3. The van der Waals surface area contributed by atoms with Crippen molar-refractivity contribution in [3.05, 3.63) is 39.7 Å². The molecule has 4 atom stereocenters. The Bertz CT molecular complexity index is 1110. The van der Waals surface area contributed by atoms with Crippen LogP contribution in [0.5, 0.6) is 5.75 Å². The number of benzene rings is 1. The van der Waals surface area contributed by atoms with Crippen LogP contribution in [-0.2, 0) is 28.6 Å². The molecule has 3 rings (SSSR count). The van der Waals surface area contributed by atoms with Gasteiger partial charge in [-0.05, 0) is 26.0 Å². The highest BCUT2D eigenvalue weighted by Crippen LogP contribution is 2.35. The van der Waals surface area contributed by atoms with Gasteiger partial charge >= 0.3 is 17.9 Å². The number of thioether (sulfide) groups is 1. The van der Waals surface area contributed by atoms with Gasteiger partial charge in [-0.15, -0.1) is 11.8 Å². The van der Waals surface area contributed by atoms with Gasteiger partial charge in [-0.3, -0.25) is 19.2 Å². The first-order valence-corrected chi connectivity index (χ1v) is 11.0. The summed E-state index contributed by atoms with van der Waals surface area (Å²) in [6, 6.07) is 4.79. The van der Waals surface area contributed by atoms with Crippen LogP contribution in [0.4, 0.5) is 0 Å². The predicted molar refractivity (Wildman–Crippen MR) is 115 cm³/mol. The standard InChI is InChI=1S/C22H24O9S/c1-10-11(2)27-17-8-15(6-7-16(17)19(10)26)31-22-21(30-14(5)25)20(29-13(4)24)18(9-32-22)28-12(3)23/h6-8,18,20-22H,9H2,1-5H3/t18-,20+,21-,22-/m1/s1. The molecule has 1 aromatic carbocycles. The summed E-state index contributed by atoms with van der Waals surface area (Å²) in [6.45, 7) is 7.07. The van der Waals surface area contributed by atoms with Gasteiger partial charge in [-0.25, -0.2) is 0 Å². The van der Waals surface area contributed by atoms with Gasteiger partial charge < -0.3 is 23.4 Å². The Kier molecular flexibility index (Phi) is 7.12. The van der Waals surface area contributed by atoms with Crippen molar-refractivity contribution in [1.29, 1.82) is 0 Å². The van der Waals surface area contributed by atoms with E-state index in [1.165, 1.54) is 32.5 Å². The van der Waals surface area contributed by atoms with Crippen LogP contribution >= 0.6 is 11.8 Å². The third-order valence-corrected chi connectivity index (χ3v) is 6.10. The zero-order valence-electron chi connectivity index (χ0n) is 18.3. The van der Waals surface area contributed by atoms with E-state index in [9.17, 15) is 19.2 Å². The minimum absolute atomic E-state index is 0.126. The molecule has 0 unspecified atom stereocenters. The normalized spacial score (nSPS) is 22.8. The second kappa shape index (κ2) is 9.64. The average molecular weight is 464 g/mol. The summed E-state index contributed by atoms with van der Waals surface area (Å²) in [6.07, 6.45) is -2.90. The topological polar surface area (TPSA) is 118 Å². The van der Waals surface area contributed by atoms with Crippen molar-refractivity contribution in [2.45, 2.75) is 58.4 Å². The van der Waals surface area contributed by atoms with E-state index in [1.54, 1.807) is 32.0 Å². The lowest BCUT2D eigenvalue weighted by molar-refractivity contribution is -0.186. The van der Waals surface area contributed by atoms with Crippen molar-refractivity contribution in [3.8, 4) is 5.75 Å². The molecule has 10 heteroatoms. The van der Waals surface area contributed by atoms with E-state index < -0.39 is 41.7 Å². The molecule has 1 aliphatic heterocycles. The molecular formula is C22H24O9S. The highest BCUT2D eigenvalue weighted by atomic mass is 32.2. The summed E-state index contributed by atoms with van der Waals surface area (Å²) >= 11 is 1.24. The molecule has 172 valence electrons. The van der Waals surface area contributed by atoms with Crippen molar-refractivity contribution < 1.29 is 37.7 Å². The Morgan fingerprint density at radius 2 is 1.59 bits per heavy atom. The zero-order valence-corrected chi connectivity index (χ0v) is 19.1. The number of carbonyl (C=O) groups is 3. The Balaban J connectivity index is 1.93. The lowest BCUT2D eigenvalue weighted by Gasteiger charge is -2.39. The number of rotatable bonds is 5. The summed E-state index contributed by atoms with van der Waals surface area (Å²) in [5.74, 6) is -0.659. The molecule has 0 spiro atoms. The van der Waals surface area contributed by atoms with Gasteiger partial charge in [0.15, 0.2) is 29.2 Å². The molecule has 2 aromatic rings. The second-order valence-corrected chi connectivity index (χ2v) is 8.52. The fourth-order valence-electron chi connectivity index (χ4n) is 3.40. The minimum atomic E-state index is -1.05. The molecule has 9 nitrogen and oxygen atoms in total. The van der Waals surface area contributed by atoms with E-state index in [1.807, 2.05) is 0 Å². The first-order chi connectivity index (χ1) is 15.1. The maximum atomic E-state index is 12.4. The van der Waals surface area contributed by atoms with E-state index in [0.29, 0.717) is 28.0 Å². The lowest BCUT2D eigenvalue weighted by Crippen LogP contribution is -2.55. The molecule has 0 radical (unpaired) electrons. The summed E-state index contributed by atoms with van der Waals surface area (Å²) in [4.78, 5) is 47.4. The molecule has 32 heavy (non-hydrogen) atoms. The monoisotopic (exact) mass is 464 g/mol. The molecule has 2 heterocycles. The molecule has 1 aliphatic rings. The van der Waals surface area contributed by atoms with Crippen LogP contribution in [0.25, 0.3) is 11.0 Å². The molecule has 0 N–H and O–H groups in total. The van der Waals surface area contributed by atoms with E-state index in [4.69, 9.17) is 23.4 Å². The van der Waals surface area contributed by atoms with Crippen LogP contribution in [0.2, 0.25) is 0 Å². The Morgan fingerprint density at radius 1 is 0.969 bits per heavy atom. The maximum Gasteiger partial charge on any atom is 0.303 e. The zero-order chi connectivity index (χ0) is 23.6. The van der Waals surface area contributed by atoms with Crippen molar-refractivity contribution in [2.24, 2.45) is 0 Å². The average Bonchev–Trinajstić information content (AvgIpc) is 2.69. The first kappa shape index (κ1) is 23.6. The van der Waals surface area contributed by atoms with E-state index in [2.05, 4.69) is 0 Å². The largest absolute Gasteiger partial charge is 0.476 e. The third-order valence-electron chi connectivity index (χ3n) is 4.89. The summed E-state index contributed by atoms with van der Waals surface area (Å²) < 4.78 is 27.8. The van der Waals surface area contributed by atoms with E-state index in [0.717, 1.165) is 0 Å². The van der Waals surface area contributed by atoms with Crippen molar-refractivity contribution in [1.82, 2.24) is 0 Å². The smallest absolute Gasteiger partial charge is 0.303 e. The van der Waals surface area contributed by atoms with Gasteiger partial charge in [0.25, 0.3) is 0 Å². The number of ether oxygens (including phenoxy) is 4. The van der Waals surface area contributed by atoms with Gasteiger partial charge in [-0.2, -0.15) is 0 Å². The molecule has 0 bridgehead atoms. The number of hydrogen-bond donors (Lipinski definition) is 0. The van der Waals surface area contributed by atoms with Crippen molar-refractivity contribution in [3.63, 3.8) is 0 Å². The van der Waals surface area contributed by atoms with Crippen LogP contribution < -0.4 is 10.2 Å². The predicted octanol–water partition coefficient (Wildman–Crippen LogP) is 2.66. The van der Waals surface area contributed by atoms with Gasteiger partial charge in [0.2, 0.25) is 0 Å².